The van der Waals surface area contributed by atoms with E-state index in [0.717, 1.165) is 22.4 Å². The Kier molecular flexibility index (Phi) is 4.14. The number of nitrogens with two attached hydrogens (primary N) is 1. The van der Waals surface area contributed by atoms with Crippen LogP contribution >= 0.6 is 11.3 Å². The lowest BCUT2D eigenvalue weighted by Crippen LogP contribution is -2.41. The predicted octanol–water partition coefficient (Wildman–Crippen LogP) is 2.18. The number of thiazole rings is 1. The molecule has 1 aliphatic carbocycles. The first-order valence-corrected chi connectivity index (χ1v) is 8.83. The van der Waals surface area contributed by atoms with Crippen LogP contribution in [0.15, 0.2) is 15.0 Å². The maximum atomic E-state index is 12.5. The average molecular weight is 334 g/mol. The van der Waals surface area contributed by atoms with E-state index >= 15 is 0 Å². The molecule has 1 saturated carbocycles. The quantitative estimate of drug-likeness (QED) is 0.929. The van der Waals surface area contributed by atoms with Crippen molar-refractivity contribution < 1.29 is 0 Å². The SMILES string of the molecule is CC(C)Cn1c(N)c(-c2csc(C3CCC3)n2)c(=O)n(C)c1=O. The molecule has 1 fully saturated rings. The Hall–Kier alpha value is -1.89. The fourth-order valence-electron chi connectivity index (χ4n) is 2.81. The molecule has 0 atom stereocenters. The molecule has 124 valence electrons. The van der Waals surface area contributed by atoms with Crippen LogP contribution in [0.25, 0.3) is 11.3 Å². The lowest BCUT2D eigenvalue weighted by Gasteiger charge is -2.22. The second-order valence-electron chi connectivity index (χ2n) is 6.61. The molecule has 0 bridgehead atoms. The van der Waals surface area contributed by atoms with Crippen LogP contribution in [0.5, 0.6) is 0 Å². The van der Waals surface area contributed by atoms with Crippen molar-refractivity contribution in [3.8, 4) is 11.3 Å². The van der Waals surface area contributed by atoms with Crippen molar-refractivity contribution in [1.82, 2.24) is 14.1 Å². The third-order valence-corrected chi connectivity index (χ3v) is 5.37. The number of nitrogens with zero attached hydrogens (tertiary/aromatic N) is 3. The van der Waals surface area contributed by atoms with Crippen molar-refractivity contribution in [2.75, 3.05) is 5.73 Å². The summed E-state index contributed by atoms with van der Waals surface area (Å²) in [4.78, 5) is 29.5. The van der Waals surface area contributed by atoms with Crippen LogP contribution in [0.3, 0.4) is 0 Å². The van der Waals surface area contributed by atoms with Gasteiger partial charge in [0.1, 0.15) is 11.4 Å². The van der Waals surface area contributed by atoms with Gasteiger partial charge in [-0.15, -0.1) is 11.3 Å². The van der Waals surface area contributed by atoms with Gasteiger partial charge in [-0.1, -0.05) is 20.3 Å². The summed E-state index contributed by atoms with van der Waals surface area (Å²) in [6.07, 6.45) is 3.56. The Morgan fingerprint density at radius 2 is 2.09 bits per heavy atom. The van der Waals surface area contributed by atoms with Crippen LogP contribution in [-0.4, -0.2) is 14.1 Å². The fraction of sp³-hybridized carbons (Fsp3) is 0.562. The smallest absolute Gasteiger partial charge is 0.332 e. The molecule has 23 heavy (non-hydrogen) atoms. The minimum Gasteiger partial charge on any atom is -0.384 e. The third kappa shape index (κ3) is 2.73. The molecule has 2 N–H and O–H groups in total. The summed E-state index contributed by atoms with van der Waals surface area (Å²) in [5, 5.41) is 2.94. The second kappa shape index (κ2) is 5.96. The zero-order valence-electron chi connectivity index (χ0n) is 13.7. The maximum Gasteiger partial charge on any atom is 0.332 e. The minimum atomic E-state index is -0.377. The third-order valence-electron chi connectivity index (χ3n) is 4.36. The van der Waals surface area contributed by atoms with E-state index in [2.05, 4.69) is 4.98 Å². The number of rotatable bonds is 4. The van der Waals surface area contributed by atoms with Crippen LogP contribution in [-0.2, 0) is 13.6 Å². The van der Waals surface area contributed by atoms with E-state index < -0.39 is 0 Å². The molecule has 6 nitrogen and oxygen atoms in total. The van der Waals surface area contributed by atoms with Gasteiger partial charge in [-0.05, 0) is 18.8 Å². The van der Waals surface area contributed by atoms with Crippen molar-refractivity contribution >= 4 is 17.2 Å². The van der Waals surface area contributed by atoms with Crippen molar-refractivity contribution in [2.24, 2.45) is 13.0 Å². The summed E-state index contributed by atoms with van der Waals surface area (Å²) >= 11 is 1.57. The lowest BCUT2D eigenvalue weighted by molar-refractivity contribution is 0.418. The second-order valence-corrected chi connectivity index (χ2v) is 7.50. The molecule has 2 aromatic rings. The van der Waals surface area contributed by atoms with E-state index in [1.807, 2.05) is 19.2 Å². The molecule has 0 amide bonds. The zero-order chi connectivity index (χ0) is 16.7. The van der Waals surface area contributed by atoms with Gasteiger partial charge in [-0.2, -0.15) is 0 Å². The molecule has 0 spiro atoms. The zero-order valence-corrected chi connectivity index (χ0v) is 14.5. The number of hydrogen-bond acceptors (Lipinski definition) is 5. The summed E-state index contributed by atoms with van der Waals surface area (Å²) in [5.41, 5.74) is 6.36. The van der Waals surface area contributed by atoms with Gasteiger partial charge in [-0.3, -0.25) is 13.9 Å². The van der Waals surface area contributed by atoms with Gasteiger partial charge in [-0.25, -0.2) is 9.78 Å². The normalized spacial score (nSPS) is 15.1. The van der Waals surface area contributed by atoms with Gasteiger partial charge in [0.05, 0.1) is 10.7 Å². The fourth-order valence-corrected chi connectivity index (χ4v) is 3.79. The molecule has 0 unspecified atom stereocenters. The first-order chi connectivity index (χ1) is 10.9. The molecular weight excluding hydrogens is 312 g/mol. The van der Waals surface area contributed by atoms with Crippen LogP contribution in [0, 0.1) is 5.92 Å². The average Bonchev–Trinajstić information content (AvgIpc) is 2.88. The highest BCUT2D eigenvalue weighted by atomic mass is 32.1. The molecule has 0 radical (unpaired) electrons. The summed E-state index contributed by atoms with van der Waals surface area (Å²) in [5.74, 6) is 0.985. The molecule has 3 rings (SSSR count). The Labute approximate surface area is 138 Å². The largest absolute Gasteiger partial charge is 0.384 e. The van der Waals surface area contributed by atoms with Gasteiger partial charge in [0, 0.05) is 24.9 Å². The summed E-state index contributed by atoms with van der Waals surface area (Å²) in [7, 11) is 1.49. The molecule has 0 aliphatic heterocycles. The van der Waals surface area contributed by atoms with Crippen LogP contribution < -0.4 is 17.0 Å². The van der Waals surface area contributed by atoms with Crippen LogP contribution in [0.4, 0.5) is 5.82 Å². The minimum absolute atomic E-state index is 0.220. The predicted molar refractivity (Wildman–Crippen MR) is 92.9 cm³/mol. The number of nitrogen functional groups attached to an aromatic ring is 1. The highest BCUT2D eigenvalue weighted by Crippen LogP contribution is 2.39. The molecular formula is C16H22N4O2S. The number of hydrogen-bond donors (Lipinski definition) is 1. The highest BCUT2D eigenvalue weighted by molar-refractivity contribution is 7.10. The maximum absolute atomic E-state index is 12.5. The number of anilines is 1. The van der Waals surface area contributed by atoms with Gasteiger partial charge in [0.2, 0.25) is 0 Å². The number of aromatic nitrogens is 3. The van der Waals surface area contributed by atoms with Gasteiger partial charge >= 0.3 is 5.69 Å². The molecule has 1 aliphatic rings. The van der Waals surface area contributed by atoms with Gasteiger partial charge < -0.3 is 5.73 Å². The van der Waals surface area contributed by atoms with Crippen molar-refractivity contribution in [3.05, 3.63) is 31.2 Å². The van der Waals surface area contributed by atoms with Crippen molar-refractivity contribution in [2.45, 2.75) is 45.6 Å². The molecule has 0 aromatic carbocycles. The topological polar surface area (TPSA) is 82.9 Å². The Balaban J connectivity index is 2.14. The Morgan fingerprint density at radius 3 is 2.65 bits per heavy atom. The first kappa shape index (κ1) is 16.0. The highest BCUT2D eigenvalue weighted by Gasteiger charge is 2.25. The summed E-state index contributed by atoms with van der Waals surface area (Å²) in [6.45, 7) is 4.49. The Bertz CT molecular complexity index is 843. The first-order valence-electron chi connectivity index (χ1n) is 7.95. The Morgan fingerprint density at radius 1 is 1.39 bits per heavy atom. The van der Waals surface area contributed by atoms with E-state index in [0.29, 0.717) is 23.7 Å². The van der Waals surface area contributed by atoms with E-state index in [4.69, 9.17) is 5.73 Å². The van der Waals surface area contributed by atoms with E-state index in [9.17, 15) is 9.59 Å². The summed E-state index contributed by atoms with van der Waals surface area (Å²) < 4.78 is 2.60. The molecule has 7 heteroatoms. The standard InChI is InChI=1S/C16H22N4O2S/c1-9(2)7-20-13(17)12(15(21)19(3)16(20)22)11-8-23-14(18-11)10-5-4-6-10/h8-10H,4-7,17H2,1-3H3. The van der Waals surface area contributed by atoms with Gasteiger partial charge in [0.25, 0.3) is 5.56 Å². The lowest BCUT2D eigenvalue weighted by atomic mass is 9.86. The van der Waals surface area contributed by atoms with E-state index in [1.54, 1.807) is 11.3 Å². The monoisotopic (exact) mass is 334 g/mol. The molecule has 2 aromatic heterocycles. The van der Waals surface area contributed by atoms with Gasteiger partial charge in [0.15, 0.2) is 0 Å². The molecule has 2 heterocycles. The van der Waals surface area contributed by atoms with Crippen LogP contribution in [0.2, 0.25) is 0 Å². The van der Waals surface area contributed by atoms with E-state index in [-0.39, 0.29) is 23.0 Å². The molecule has 0 saturated heterocycles. The van der Waals surface area contributed by atoms with E-state index in [1.165, 1.54) is 18.0 Å². The summed E-state index contributed by atoms with van der Waals surface area (Å²) in [6, 6.07) is 0. The van der Waals surface area contributed by atoms with Crippen LogP contribution in [0.1, 0.15) is 44.0 Å². The van der Waals surface area contributed by atoms with Crippen molar-refractivity contribution in [3.63, 3.8) is 0 Å². The van der Waals surface area contributed by atoms with Crippen molar-refractivity contribution in [1.29, 1.82) is 0 Å².